The molecule has 0 radical (unpaired) electrons. The third-order valence-electron chi connectivity index (χ3n) is 4.77. The molecule has 0 spiro atoms. The smallest absolute Gasteiger partial charge is 0.319 e. The van der Waals surface area contributed by atoms with Crippen molar-refractivity contribution in [3.63, 3.8) is 0 Å². The third kappa shape index (κ3) is 3.33. The minimum atomic E-state index is -0.156. The zero-order valence-electron chi connectivity index (χ0n) is 12.2. The lowest BCUT2D eigenvalue weighted by Gasteiger charge is -2.32. The molecule has 0 aliphatic carbocycles. The SMILES string of the molecule is O=C(NCCC12CCCN1CCC2)Nc1cccc(Cl)c1. The Morgan fingerprint density at radius 2 is 2.05 bits per heavy atom. The van der Waals surface area contributed by atoms with Gasteiger partial charge in [0.15, 0.2) is 0 Å². The molecular formula is C16H22ClN3O. The van der Waals surface area contributed by atoms with Gasteiger partial charge in [-0.3, -0.25) is 4.90 Å². The highest BCUT2D eigenvalue weighted by Gasteiger charge is 2.43. The van der Waals surface area contributed by atoms with E-state index < -0.39 is 0 Å². The van der Waals surface area contributed by atoms with Crippen LogP contribution in [-0.2, 0) is 0 Å². The molecule has 2 aliphatic rings. The van der Waals surface area contributed by atoms with E-state index in [2.05, 4.69) is 15.5 Å². The number of nitrogens with one attached hydrogen (secondary N) is 2. The monoisotopic (exact) mass is 307 g/mol. The fraction of sp³-hybridized carbons (Fsp3) is 0.562. The van der Waals surface area contributed by atoms with Crippen LogP contribution in [0.5, 0.6) is 0 Å². The highest BCUT2D eigenvalue weighted by Crippen LogP contribution is 2.40. The molecule has 2 aliphatic heterocycles. The van der Waals surface area contributed by atoms with Crippen molar-refractivity contribution in [2.45, 2.75) is 37.6 Å². The maximum atomic E-state index is 11.9. The summed E-state index contributed by atoms with van der Waals surface area (Å²) in [5, 5.41) is 6.41. The highest BCUT2D eigenvalue weighted by molar-refractivity contribution is 6.30. The summed E-state index contributed by atoms with van der Waals surface area (Å²) in [4.78, 5) is 14.5. The predicted molar refractivity (Wildman–Crippen MR) is 85.9 cm³/mol. The molecule has 5 heteroatoms. The van der Waals surface area contributed by atoms with Crippen LogP contribution in [-0.4, -0.2) is 36.1 Å². The van der Waals surface area contributed by atoms with Gasteiger partial charge in [-0.15, -0.1) is 0 Å². The van der Waals surface area contributed by atoms with Crippen molar-refractivity contribution in [1.29, 1.82) is 0 Å². The Labute approximate surface area is 130 Å². The molecule has 1 aromatic carbocycles. The van der Waals surface area contributed by atoms with E-state index in [-0.39, 0.29) is 6.03 Å². The molecule has 2 heterocycles. The minimum Gasteiger partial charge on any atom is -0.338 e. The summed E-state index contributed by atoms with van der Waals surface area (Å²) in [7, 11) is 0. The van der Waals surface area contributed by atoms with Crippen molar-refractivity contribution in [2.24, 2.45) is 0 Å². The number of carbonyl (C=O) groups is 1. The van der Waals surface area contributed by atoms with Crippen molar-refractivity contribution in [2.75, 3.05) is 25.0 Å². The summed E-state index contributed by atoms with van der Waals surface area (Å²) < 4.78 is 0. The van der Waals surface area contributed by atoms with Gasteiger partial charge < -0.3 is 10.6 Å². The van der Waals surface area contributed by atoms with Gasteiger partial charge in [-0.05, 0) is 63.4 Å². The predicted octanol–water partition coefficient (Wildman–Crippen LogP) is 3.48. The molecule has 0 bridgehead atoms. The van der Waals surface area contributed by atoms with Crippen LogP contribution in [0.3, 0.4) is 0 Å². The second-order valence-corrected chi connectivity index (χ2v) is 6.50. The van der Waals surface area contributed by atoms with Crippen molar-refractivity contribution in [3.8, 4) is 0 Å². The molecule has 0 atom stereocenters. The Hall–Kier alpha value is -1.26. The van der Waals surface area contributed by atoms with E-state index in [4.69, 9.17) is 11.6 Å². The number of fused-ring (bicyclic) bond motifs is 1. The number of urea groups is 1. The fourth-order valence-electron chi connectivity index (χ4n) is 3.78. The van der Waals surface area contributed by atoms with Gasteiger partial charge in [-0.25, -0.2) is 4.79 Å². The second kappa shape index (κ2) is 6.24. The Morgan fingerprint density at radius 1 is 1.29 bits per heavy atom. The van der Waals surface area contributed by atoms with E-state index in [1.165, 1.54) is 38.8 Å². The zero-order chi connectivity index (χ0) is 14.7. The van der Waals surface area contributed by atoms with Crippen LogP contribution in [0.15, 0.2) is 24.3 Å². The molecule has 2 fully saturated rings. The van der Waals surface area contributed by atoms with Crippen molar-refractivity contribution < 1.29 is 4.79 Å². The Bertz CT molecular complexity index is 510. The highest BCUT2D eigenvalue weighted by atomic mass is 35.5. The van der Waals surface area contributed by atoms with Gasteiger partial charge in [0.2, 0.25) is 0 Å². The van der Waals surface area contributed by atoms with E-state index in [0.717, 1.165) is 18.7 Å². The van der Waals surface area contributed by atoms with Gasteiger partial charge in [0.25, 0.3) is 0 Å². The van der Waals surface area contributed by atoms with Crippen LogP contribution in [0.1, 0.15) is 32.1 Å². The molecule has 0 unspecified atom stereocenters. The standard InChI is InChI=1S/C16H22ClN3O/c17-13-4-1-5-14(12-13)19-15(21)18-9-8-16-6-2-10-20(16)11-3-7-16/h1,4-5,12H,2-3,6-11H2,(H2,18,19,21). The second-order valence-electron chi connectivity index (χ2n) is 6.06. The summed E-state index contributed by atoms with van der Waals surface area (Å²) in [6, 6.07) is 7.04. The van der Waals surface area contributed by atoms with Crippen LogP contribution in [0.25, 0.3) is 0 Å². The Morgan fingerprint density at radius 3 is 2.76 bits per heavy atom. The number of nitrogens with zero attached hydrogens (tertiary/aromatic N) is 1. The molecule has 0 aromatic heterocycles. The van der Waals surface area contributed by atoms with Gasteiger partial charge in [0.1, 0.15) is 0 Å². The number of halogens is 1. The van der Waals surface area contributed by atoms with Crippen molar-refractivity contribution >= 4 is 23.3 Å². The molecule has 4 nitrogen and oxygen atoms in total. The third-order valence-corrected chi connectivity index (χ3v) is 5.00. The topological polar surface area (TPSA) is 44.4 Å². The molecule has 0 saturated carbocycles. The largest absolute Gasteiger partial charge is 0.338 e. The van der Waals surface area contributed by atoms with Crippen LogP contribution in [0.4, 0.5) is 10.5 Å². The number of amides is 2. The van der Waals surface area contributed by atoms with E-state index in [1.807, 2.05) is 12.1 Å². The van der Waals surface area contributed by atoms with Crippen LogP contribution < -0.4 is 10.6 Å². The molecule has 2 amide bonds. The van der Waals surface area contributed by atoms with Gasteiger partial charge in [-0.1, -0.05) is 17.7 Å². The summed E-state index contributed by atoms with van der Waals surface area (Å²) in [5.74, 6) is 0. The van der Waals surface area contributed by atoms with E-state index >= 15 is 0 Å². The lowest BCUT2D eigenvalue weighted by atomic mass is 9.90. The zero-order valence-corrected chi connectivity index (χ0v) is 13.0. The summed E-state index contributed by atoms with van der Waals surface area (Å²) in [6.07, 6.45) is 6.22. The molecule has 21 heavy (non-hydrogen) atoms. The number of anilines is 1. The maximum Gasteiger partial charge on any atom is 0.319 e. The van der Waals surface area contributed by atoms with Crippen LogP contribution in [0.2, 0.25) is 5.02 Å². The number of benzene rings is 1. The van der Waals surface area contributed by atoms with Crippen LogP contribution >= 0.6 is 11.6 Å². The van der Waals surface area contributed by atoms with Gasteiger partial charge in [-0.2, -0.15) is 0 Å². The number of rotatable bonds is 4. The van der Waals surface area contributed by atoms with Gasteiger partial charge in [0.05, 0.1) is 0 Å². The maximum absolute atomic E-state index is 11.9. The Kier molecular flexibility index (Phi) is 4.36. The van der Waals surface area contributed by atoms with E-state index in [9.17, 15) is 4.79 Å². The average Bonchev–Trinajstić information content (AvgIpc) is 2.98. The number of hydrogen-bond donors (Lipinski definition) is 2. The molecular weight excluding hydrogens is 286 g/mol. The molecule has 1 aromatic rings. The minimum absolute atomic E-state index is 0.156. The lowest BCUT2D eigenvalue weighted by Crippen LogP contribution is -2.42. The summed E-state index contributed by atoms with van der Waals surface area (Å²) in [6.45, 7) is 3.19. The van der Waals surface area contributed by atoms with Gasteiger partial charge >= 0.3 is 6.03 Å². The summed E-state index contributed by atoms with van der Waals surface area (Å²) in [5.41, 5.74) is 1.09. The lowest BCUT2D eigenvalue weighted by molar-refractivity contribution is 0.181. The van der Waals surface area contributed by atoms with Crippen molar-refractivity contribution in [1.82, 2.24) is 10.2 Å². The molecule has 2 N–H and O–H groups in total. The first-order valence-corrected chi connectivity index (χ1v) is 8.11. The Balaban J connectivity index is 1.46. The first kappa shape index (κ1) is 14.7. The number of hydrogen-bond acceptors (Lipinski definition) is 2. The van der Waals surface area contributed by atoms with Crippen molar-refractivity contribution in [3.05, 3.63) is 29.3 Å². The fourth-order valence-corrected chi connectivity index (χ4v) is 3.97. The number of carbonyl (C=O) groups excluding carboxylic acids is 1. The first-order valence-electron chi connectivity index (χ1n) is 7.73. The van der Waals surface area contributed by atoms with Gasteiger partial charge in [0, 0.05) is 22.8 Å². The normalized spacial score (nSPS) is 20.2. The molecule has 114 valence electrons. The van der Waals surface area contributed by atoms with E-state index in [1.54, 1.807) is 12.1 Å². The van der Waals surface area contributed by atoms with Crippen LogP contribution in [0, 0.1) is 0 Å². The molecule has 2 saturated heterocycles. The first-order chi connectivity index (χ1) is 10.2. The average molecular weight is 308 g/mol. The molecule has 3 rings (SSSR count). The van der Waals surface area contributed by atoms with E-state index in [0.29, 0.717) is 10.6 Å². The quantitative estimate of drug-likeness (QED) is 0.894. The summed E-state index contributed by atoms with van der Waals surface area (Å²) >= 11 is 5.90.